The summed E-state index contributed by atoms with van der Waals surface area (Å²) in [7, 11) is 0. The van der Waals surface area contributed by atoms with E-state index in [2.05, 4.69) is 10.3 Å². The fourth-order valence-electron chi connectivity index (χ4n) is 3.67. The highest BCUT2D eigenvalue weighted by molar-refractivity contribution is 5.92. The molecule has 1 unspecified atom stereocenters. The molecule has 0 spiro atoms. The van der Waals surface area contributed by atoms with Crippen LogP contribution in [0, 0.1) is 5.82 Å². The van der Waals surface area contributed by atoms with E-state index in [9.17, 15) is 19.1 Å². The fraction of sp³-hybridized carbons (Fsp3) is 0.292. The van der Waals surface area contributed by atoms with E-state index in [1.165, 1.54) is 18.4 Å². The Hall–Kier alpha value is -3.52. The number of rotatable bonds is 6. The summed E-state index contributed by atoms with van der Waals surface area (Å²) < 4.78 is 18.7. The van der Waals surface area contributed by atoms with Crippen LogP contribution in [-0.4, -0.2) is 46.0 Å². The quantitative estimate of drug-likeness (QED) is 0.618. The average molecular weight is 437 g/mol. The van der Waals surface area contributed by atoms with Crippen molar-refractivity contribution in [2.45, 2.75) is 31.9 Å². The number of halogens is 1. The first-order valence-electron chi connectivity index (χ1n) is 10.5. The highest BCUT2D eigenvalue weighted by Crippen LogP contribution is 2.21. The predicted octanol–water partition coefficient (Wildman–Crippen LogP) is 2.94. The average Bonchev–Trinajstić information content (AvgIpc) is 3.28. The Balaban J connectivity index is 1.32. The van der Waals surface area contributed by atoms with Crippen molar-refractivity contribution in [2.24, 2.45) is 0 Å². The van der Waals surface area contributed by atoms with Gasteiger partial charge in [-0.3, -0.25) is 9.59 Å². The van der Waals surface area contributed by atoms with E-state index in [0.29, 0.717) is 43.1 Å². The zero-order chi connectivity index (χ0) is 22.5. The first-order chi connectivity index (χ1) is 15.5. The van der Waals surface area contributed by atoms with Crippen molar-refractivity contribution < 1.29 is 23.5 Å². The van der Waals surface area contributed by atoms with Gasteiger partial charge in [-0.25, -0.2) is 9.37 Å². The minimum Gasteiger partial charge on any atom is -0.444 e. The van der Waals surface area contributed by atoms with E-state index < -0.39 is 6.10 Å². The number of hydrogen-bond donors (Lipinski definition) is 2. The second kappa shape index (κ2) is 9.74. The molecule has 1 fully saturated rings. The van der Waals surface area contributed by atoms with Gasteiger partial charge in [0.25, 0.3) is 5.91 Å². The Bertz CT molecular complexity index is 1100. The van der Waals surface area contributed by atoms with Crippen molar-refractivity contribution in [1.82, 2.24) is 15.2 Å². The zero-order valence-corrected chi connectivity index (χ0v) is 17.5. The van der Waals surface area contributed by atoms with Crippen LogP contribution in [0.1, 0.15) is 34.5 Å². The van der Waals surface area contributed by atoms with Gasteiger partial charge < -0.3 is 19.7 Å². The minimum absolute atomic E-state index is 0.108. The van der Waals surface area contributed by atoms with E-state index in [0.717, 1.165) is 12.0 Å². The number of oxazole rings is 1. The largest absolute Gasteiger partial charge is 0.444 e. The van der Waals surface area contributed by atoms with Crippen LogP contribution < -0.4 is 5.32 Å². The summed E-state index contributed by atoms with van der Waals surface area (Å²) in [6.45, 7) is 1.24. The number of nitrogens with one attached hydrogen (secondary N) is 1. The number of β-amino-alcohol motifs (C(OH)–C–C–N with tert-alkyl or cyclic N) is 1. The molecular weight excluding hydrogens is 413 g/mol. The van der Waals surface area contributed by atoms with Gasteiger partial charge in [0.15, 0.2) is 5.69 Å². The van der Waals surface area contributed by atoms with Crippen LogP contribution in [0.3, 0.4) is 0 Å². The smallest absolute Gasteiger partial charge is 0.275 e. The third-order valence-corrected chi connectivity index (χ3v) is 5.35. The maximum Gasteiger partial charge on any atom is 0.275 e. The Morgan fingerprint density at radius 1 is 1.19 bits per heavy atom. The van der Waals surface area contributed by atoms with Crippen molar-refractivity contribution in [1.29, 1.82) is 0 Å². The summed E-state index contributed by atoms with van der Waals surface area (Å²) >= 11 is 0. The molecular formula is C24H24FN3O4. The lowest BCUT2D eigenvalue weighted by atomic mass is 10.1. The van der Waals surface area contributed by atoms with E-state index in [4.69, 9.17) is 4.42 Å². The van der Waals surface area contributed by atoms with Crippen molar-refractivity contribution in [2.75, 3.05) is 13.1 Å². The highest BCUT2D eigenvalue weighted by atomic mass is 19.1. The monoisotopic (exact) mass is 437 g/mol. The zero-order valence-electron chi connectivity index (χ0n) is 17.5. The van der Waals surface area contributed by atoms with Gasteiger partial charge in [0, 0.05) is 25.2 Å². The molecule has 2 N–H and O–H groups in total. The van der Waals surface area contributed by atoms with Gasteiger partial charge in [-0.2, -0.15) is 0 Å². The van der Waals surface area contributed by atoms with Gasteiger partial charge in [0.1, 0.15) is 12.1 Å². The number of amides is 2. The van der Waals surface area contributed by atoms with Gasteiger partial charge in [0.05, 0.1) is 12.5 Å². The van der Waals surface area contributed by atoms with E-state index >= 15 is 0 Å². The number of aliphatic hydroxyl groups is 1. The van der Waals surface area contributed by atoms with Crippen molar-refractivity contribution in [3.8, 4) is 11.5 Å². The molecule has 2 amide bonds. The van der Waals surface area contributed by atoms with Crippen molar-refractivity contribution >= 4 is 11.8 Å². The summed E-state index contributed by atoms with van der Waals surface area (Å²) in [4.78, 5) is 30.6. The number of likely N-dealkylation sites (tertiary alicyclic amines) is 1. The highest BCUT2D eigenvalue weighted by Gasteiger charge is 2.25. The number of aliphatic hydroxyl groups excluding tert-OH is 1. The topological polar surface area (TPSA) is 95.7 Å². The molecule has 1 aromatic heterocycles. The third-order valence-electron chi connectivity index (χ3n) is 5.35. The molecule has 0 aliphatic carbocycles. The van der Waals surface area contributed by atoms with Crippen LogP contribution in [0.25, 0.3) is 11.5 Å². The fourth-order valence-corrected chi connectivity index (χ4v) is 3.67. The molecule has 2 aromatic carbocycles. The second-order valence-corrected chi connectivity index (χ2v) is 7.87. The molecule has 1 atom stereocenters. The van der Waals surface area contributed by atoms with Crippen molar-refractivity contribution in [3.63, 3.8) is 0 Å². The predicted molar refractivity (Wildman–Crippen MR) is 115 cm³/mol. The van der Waals surface area contributed by atoms with Gasteiger partial charge in [-0.05, 0) is 48.2 Å². The number of aromatic nitrogens is 1. The first kappa shape index (κ1) is 21.7. The molecule has 2 heterocycles. The summed E-state index contributed by atoms with van der Waals surface area (Å²) in [5, 5.41) is 12.6. The molecule has 0 radical (unpaired) electrons. The molecule has 1 aliphatic heterocycles. The molecule has 1 aliphatic rings. The minimum atomic E-state index is -0.499. The lowest BCUT2D eigenvalue weighted by molar-refractivity contribution is -0.120. The maximum atomic E-state index is 13.2. The third kappa shape index (κ3) is 5.39. The number of carbonyl (C=O) groups is 2. The Labute approximate surface area is 184 Å². The van der Waals surface area contributed by atoms with Gasteiger partial charge in [0.2, 0.25) is 11.8 Å². The number of nitrogens with zero attached hydrogens (tertiary/aromatic N) is 2. The maximum absolute atomic E-state index is 13.2. The molecule has 32 heavy (non-hydrogen) atoms. The summed E-state index contributed by atoms with van der Waals surface area (Å²) in [5.74, 6) is -0.488. The Morgan fingerprint density at radius 2 is 2.00 bits per heavy atom. The standard InChI is InChI=1S/C24H24FN3O4/c25-19-4-1-3-17(11-19)12-22(30)26-13-16-6-8-18(9-7-16)23-27-21(15-32-23)24(31)28-10-2-5-20(29)14-28/h1,3-4,6-9,11,15,20,29H,2,5,10,12-14H2,(H,26,30). The second-order valence-electron chi connectivity index (χ2n) is 7.87. The van der Waals surface area contributed by atoms with Crippen LogP contribution in [0.2, 0.25) is 0 Å². The lowest BCUT2D eigenvalue weighted by Crippen LogP contribution is -2.42. The molecule has 4 rings (SSSR count). The molecule has 1 saturated heterocycles. The van der Waals surface area contributed by atoms with E-state index in [1.807, 2.05) is 12.1 Å². The lowest BCUT2D eigenvalue weighted by Gasteiger charge is -2.29. The van der Waals surface area contributed by atoms with Crippen molar-refractivity contribution in [3.05, 3.63) is 77.4 Å². The first-order valence-corrected chi connectivity index (χ1v) is 10.5. The number of piperidine rings is 1. The summed E-state index contributed by atoms with van der Waals surface area (Å²) in [6.07, 6.45) is 2.40. The van der Waals surface area contributed by atoms with Crippen LogP contribution in [0.15, 0.2) is 59.2 Å². The van der Waals surface area contributed by atoms with Gasteiger partial charge in [-0.15, -0.1) is 0 Å². The van der Waals surface area contributed by atoms with Crippen LogP contribution in [0.5, 0.6) is 0 Å². The molecule has 8 heteroatoms. The van der Waals surface area contributed by atoms with Crippen LogP contribution >= 0.6 is 0 Å². The molecule has 0 bridgehead atoms. The van der Waals surface area contributed by atoms with E-state index in [1.54, 1.807) is 29.2 Å². The van der Waals surface area contributed by atoms with Gasteiger partial charge >= 0.3 is 0 Å². The molecule has 3 aromatic rings. The van der Waals surface area contributed by atoms with Gasteiger partial charge in [-0.1, -0.05) is 24.3 Å². The SMILES string of the molecule is O=C(Cc1cccc(F)c1)NCc1ccc(-c2nc(C(=O)N3CCCC(O)C3)co2)cc1. The molecule has 166 valence electrons. The molecule has 0 saturated carbocycles. The molecule has 7 nitrogen and oxygen atoms in total. The Morgan fingerprint density at radius 3 is 2.75 bits per heavy atom. The number of benzene rings is 2. The summed E-state index contributed by atoms with van der Waals surface area (Å²) in [5.41, 5.74) is 2.41. The Kier molecular flexibility index (Phi) is 6.61. The van der Waals surface area contributed by atoms with Crippen LogP contribution in [-0.2, 0) is 17.8 Å². The number of carbonyl (C=O) groups excluding carboxylic acids is 2. The van der Waals surface area contributed by atoms with E-state index in [-0.39, 0.29) is 29.7 Å². The van der Waals surface area contributed by atoms with Crippen LogP contribution in [0.4, 0.5) is 4.39 Å². The normalized spacial score (nSPS) is 16.1. The summed E-state index contributed by atoms with van der Waals surface area (Å²) in [6, 6.07) is 13.3. The number of hydrogen-bond acceptors (Lipinski definition) is 5.